The number of nitrogens with zero attached hydrogens (tertiary/aromatic N) is 3. The first kappa shape index (κ1) is 15.4. The molecular weight excluding hydrogens is 300 g/mol. The van der Waals surface area contributed by atoms with Crippen LogP contribution in [-0.2, 0) is 16.4 Å². The Hall–Kier alpha value is -1.47. The van der Waals surface area contributed by atoms with Gasteiger partial charge in [0, 0.05) is 36.8 Å². The van der Waals surface area contributed by atoms with Gasteiger partial charge in [-0.15, -0.1) is 0 Å². The Morgan fingerprint density at radius 2 is 2.09 bits per heavy atom. The number of rotatable bonds is 5. The van der Waals surface area contributed by atoms with E-state index >= 15 is 0 Å². The van der Waals surface area contributed by atoms with Gasteiger partial charge in [0.05, 0.1) is 11.4 Å². The van der Waals surface area contributed by atoms with E-state index in [1.807, 2.05) is 18.5 Å². The Balaban J connectivity index is 1.46. The molecular formula is C15H22N4O2S. The van der Waals surface area contributed by atoms with Crippen molar-refractivity contribution < 1.29 is 8.42 Å². The molecule has 7 heteroatoms. The molecule has 0 amide bonds. The molecule has 120 valence electrons. The highest BCUT2D eigenvalue weighted by Gasteiger charge is 2.27. The fraction of sp³-hybridized carbons (Fsp3) is 0.600. The van der Waals surface area contributed by atoms with Gasteiger partial charge in [0.25, 0.3) is 0 Å². The Morgan fingerprint density at radius 1 is 1.32 bits per heavy atom. The van der Waals surface area contributed by atoms with Crippen molar-refractivity contribution in [3.8, 4) is 0 Å². The van der Waals surface area contributed by atoms with E-state index in [0.29, 0.717) is 5.92 Å². The van der Waals surface area contributed by atoms with Gasteiger partial charge in [-0.05, 0) is 38.1 Å². The first-order valence-corrected chi connectivity index (χ1v) is 9.65. The fourth-order valence-corrected chi connectivity index (χ4v) is 4.25. The average Bonchev–Trinajstić information content (AvgIpc) is 2.94. The number of aromatic nitrogens is 3. The van der Waals surface area contributed by atoms with Crippen LogP contribution in [0.1, 0.15) is 31.2 Å². The van der Waals surface area contributed by atoms with E-state index in [1.54, 1.807) is 10.7 Å². The lowest BCUT2D eigenvalue weighted by Gasteiger charge is -2.27. The van der Waals surface area contributed by atoms with Crippen LogP contribution in [0.2, 0.25) is 0 Å². The molecule has 3 rings (SSSR count). The van der Waals surface area contributed by atoms with E-state index in [2.05, 4.69) is 15.4 Å². The molecule has 2 aromatic rings. The smallest absolute Gasteiger partial charge is 0.154 e. The van der Waals surface area contributed by atoms with Crippen LogP contribution >= 0.6 is 0 Å². The molecule has 2 aromatic heterocycles. The molecule has 0 aromatic carbocycles. The number of hydrogen-bond acceptors (Lipinski definition) is 5. The van der Waals surface area contributed by atoms with Crippen molar-refractivity contribution >= 4 is 15.5 Å². The minimum absolute atomic E-state index is 0.129. The monoisotopic (exact) mass is 322 g/mol. The lowest BCUT2D eigenvalue weighted by atomic mass is 9.89. The normalized spacial score (nSPS) is 23.0. The van der Waals surface area contributed by atoms with Gasteiger partial charge in [-0.3, -0.25) is 0 Å². The molecule has 0 saturated heterocycles. The van der Waals surface area contributed by atoms with Crippen molar-refractivity contribution in [2.24, 2.45) is 5.92 Å². The highest BCUT2D eigenvalue weighted by atomic mass is 32.2. The molecule has 1 aliphatic carbocycles. The van der Waals surface area contributed by atoms with Crippen molar-refractivity contribution in [1.29, 1.82) is 0 Å². The van der Waals surface area contributed by atoms with Crippen molar-refractivity contribution in [2.45, 2.75) is 37.5 Å². The van der Waals surface area contributed by atoms with E-state index in [-0.39, 0.29) is 5.25 Å². The number of hydrogen-bond donors (Lipinski definition) is 1. The lowest BCUT2D eigenvalue weighted by Crippen LogP contribution is -2.31. The van der Waals surface area contributed by atoms with Gasteiger partial charge < -0.3 is 5.32 Å². The van der Waals surface area contributed by atoms with Crippen molar-refractivity contribution in [3.05, 3.63) is 30.2 Å². The SMILES string of the molecule is CS(=O)(=O)C1CCC(CNCc2cnc3ccnn3c2)CC1. The summed E-state index contributed by atoms with van der Waals surface area (Å²) in [7, 11) is -2.87. The molecule has 0 atom stereocenters. The third kappa shape index (κ3) is 3.64. The van der Waals surface area contributed by atoms with Crippen LogP contribution in [0.25, 0.3) is 5.65 Å². The second-order valence-electron chi connectivity index (χ2n) is 6.20. The summed E-state index contributed by atoms with van der Waals surface area (Å²) >= 11 is 0. The standard InChI is InChI=1S/C15H22N4O2S/c1-22(20,21)14-4-2-12(3-5-14)8-16-9-13-10-17-15-6-7-18-19(15)11-13/h6-7,10-12,14,16H,2-5,8-9H2,1H3. The summed E-state index contributed by atoms with van der Waals surface area (Å²) in [4.78, 5) is 4.34. The summed E-state index contributed by atoms with van der Waals surface area (Å²) < 4.78 is 24.9. The summed E-state index contributed by atoms with van der Waals surface area (Å²) in [6.07, 6.45) is 10.5. The molecule has 0 unspecified atom stereocenters. The number of fused-ring (bicyclic) bond motifs is 1. The first-order chi connectivity index (χ1) is 10.5. The van der Waals surface area contributed by atoms with E-state index < -0.39 is 9.84 Å². The number of sulfone groups is 1. The van der Waals surface area contributed by atoms with E-state index in [1.165, 1.54) is 6.26 Å². The van der Waals surface area contributed by atoms with Gasteiger partial charge in [-0.1, -0.05) is 0 Å². The molecule has 1 saturated carbocycles. The van der Waals surface area contributed by atoms with Gasteiger partial charge in [-0.2, -0.15) is 5.10 Å². The highest BCUT2D eigenvalue weighted by Crippen LogP contribution is 2.27. The highest BCUT2D eigenvalue weighted by molar-refractivity contribution is 7.91. The van der Waals surface area contributed by atoms with E-state index in [0.717, 1.165) is 50.0 Å². The Labute approximate surface area is 130 Å². The second kappa shape index (κ2) is 6.34. The zero-order chi connectivity index (χ0) is 15.6. The number of nitrogens with one attached hydrogen (secondary N) is 1. The molecule has 22 heavy (non-hydrogen) atoms. The molecule has 1 N–H and O–H groups in total. The van der Waals surface area contributed by atoms with Gasteiger partial charge in [0.15, 0.2) is 5.65 Å². The Morgan fingerprint density at radius 3 is 2.82 bits per heavy atom. The van der Waals surface area contributed by atoms with E-state index in [9.17, 15) is 8.42 Å². The molecule has 0 radical (unpaired) electrons. The molecule has 2 heterocycles. The quantitative estimate of drug-likeness (QED) is 0.901. The van der Waals surface area contributed by atoms with Crippen LogP contribution in [0, 0.1) is 5.92 Å². The molecule has 1 fully saturated rings. The third-order valence-corrected chi connectivity index (χ3v) is 6.14. The maximum atomic E-state index is 11.5. The Kier molecular flexibility index (Phi) is 4.44. The van der Waals surface area contributed by atoms with Gasteiger partial charge in [0.2, 0.25) is 0 Å². The second-order valence-corrected chi connectivity index (χ2v) is 8.53. The van der Waals surface area contributed by atoms with Crippen LogP contribution < -0.4 is 5.32 Å². The van der Waals surface area contributed by atoms with Crippen LogP contribution in [0.3, 0.4) is 0 Å². The van der Waals surface area contributed by atoms with Crippen molar-refractivity contribution in [2.75, 3.05) is 12.8 Å². The van der Waals surface area contributed by atoms with Gasteiger partial charge >= 0.3 is 0 Å². The summed E-state index contributed by atoms with van der Waals surface area (Å²) in [5.74, 6) is 0.569. The van der Waals surface area contributed by atoms with Crippen LogP contribution in [0.15, 0.2) is 24.7 Å². The minimum Gasteiger partial charge on any atom is -0.312 e. The van der Waals surface area contributed by atoms with Crippen LogP contribution in [0.5, 0.6) is 0 Å². The molecule has 1 aliphatic rings. The maximum Gasteiger partial charge on any atom is 0.154 e. The summed E-state index contributed by atoms with van der Waals surface area (Å²) in [6.45, 7) is 1.68. The predicted octanol–water partition coefficient (Wildman–Crippen LogP) is 1.42. The zero-order valence-electron chi connectivity index (χ0n) is 12.8. The third-order valence-electron chi connectivity index (χ3n) is 4.46. The van der Waals surface area contributed by atoms with Crippen LogP contribution in [0.4, 0.5) is 0 Å². The predicted molar refractivity (Wildman–Crippen MR) is 85.3 cm³/mol. The van der Waals surface area contributed by atoms with Gasteiger partial charge in [-0.25, -0.2) is 17.9 Å². The van der Waals surface area contributed by atoms with Crippen molar-refractivity contribution in [3.63, 3.8) is 0 Å². The van der Waals surface area contributed by atoms with Crippen LogP contribution in [-0.4, -0.2) is 41.1 Å². The van der Waals surface area contributed by atoms with Crippen molar-refractivity contribution in [1.82, 2.24) is 19.9 Å². The Bertz CT molecular complexity index is 733. The molecule has 0 bridgehead atoms. The summed E-state index contributed by atoms with van der Waals surface area (Å²) in [5, 5.41) is 7.50. The molecule has 0 spiro atoms. The van der Waals surface area contributed by atoms with Gasteiger partial charge in [0.1, 0.15) is 9.84 Å². The minimum atomic E-state index is -2.87. The molecule has 6 nitrogen and oxygen atoms in total. The first-order valence-electron chi connectivity index (χ1n) is 7.70. The fourth-order valence-electron chi connectivity index (χ4n) is 3.12. The summed E-state index contributed by atoms with van der Waals surface area (Å²) in [6, 6.07) is 1.87. The van der Waals surface area contributed by atoms with E-state index in [4.69, 9.17) is 0 Å². The molecule has 0 aliphatic heterocycles. The largest absolute Gasteiger partial charge is 0.312 e. The maximum absolute atomic E-state index is 11.5. The topological polar surface area (TPSA) is 76.4 Å². The summed E-state index contributed by atoms with van der Waals surface area (Å²) in [5.41, 5.74) is 1.95. The average molecular weight is 322 g/mol. The lowest BCUT2D eigenvalue weighted by molar-refractivity contribution is 0.341. The zero-order valence-corrected chi connectivity index (χ0v) is 13.6.